The van der Waals surface area contributed by atoms with Crippen LogP contribution >= 0.6 is 0 Å². The third kappa shape index (κ3) is 3.56. The van der Waals surface area contributed by atoms with Gasteiger partial charge in [-0.05, 0) is 44.0 Å². The van der Waals surface area contributed by atoms with Crippen LogP contribution in [0.3, 0.4) is 0 Å². The molecule has 0 saturated heterocycles. The van der Waals surface area contributed by atoms with Crippen LogP contribution in [0.15, 0.2) is 47.3 Å². The average Bonchev–Trinajstić information content (AvgIpc) is 2.58. The molecule has 0 radical (unpaired) electrons. The number of hydrogen-bond acceptors (Lipinski definition) is 4. The Morgan fingerprint density at radius 2 is 1.76 bits per heavy atom. The van der Waals surface area contributed by atoms with Crippen molar-refractivity contribution in [2.75, 3.05) is 6.61 Å². The second-order valence-corrected chi connectivity index (χ2v) is 6.28. The highest BCUT2D eigenvalue weighted by molar-refractivity contribution is 5.77. The molecule has 0 bridgehead atoms. The summed E-state index contributed by atoms with van der Waals surface area (Å²) in [5, 5.41) is 10.9. The van der Waals surface area contributed by atoms with Crippen LogP contribution in [0.25, 0.3) is 10.9 Å². The molecular weight excluding hydrogens is 316 g/mol. The fourth-order valence-corrected chi connectivity index (χ4v) is 2.96. The number of para-hydroxylation sites is 2. The zero-order valence-corrected chi connectivity index (χ0v) is 14.7. The summed E-state index contributed by atoms with van der Waals surface area (Å²) in [5.74, 6) is 1.36. The van der Waals surface area contributed by atoms with E-state index in [4.69, 9.17) is 4.74 Å². The maximum atomic E-state index is 12.6. The standard InChI is InChI=1S/C20H22N2O3/c1-13-7-6-8-14(2)19(13)25-12-16(23)11-22-15(3)21-18-10-5-4-9-17(18)20(22)24/h4-10,16,23H,11-12H2,1-3H3. The van der Waals surface area contributed by atoms with E-state index < -0.39 is 6.10 Å². The van der Waals surface area contributed by atoms with Crippen molar-refractivity contribution in [1.29, 1.82) is 0 Å². The first-order chi connectivity index (χ1) is 12.0. The number of benzene rings is 2. The molecule has 0 aliphatic rings. The van der Waals surface area contributed by atoms with Crippen molar-refractivity contribution < 1.29 is 9.84 Å². The van der Waals surface area contributed by atoms with Crippen molar-refractivity contribution in [1.82, 2.24) is 9.55 Å². The van der Waals surface area contributed by atoms with Crippen LogP contribution in [0.4, 0.5) is 0 Å². The predicted molar refractivity (Wildman–Crippen MR) is 98.2 cm³/mol. The van der Waals surface area contributed by atoms with Gasteiger partial charge in [0.1, 0.15) is 24.3 Å². The average molecular weight is 338 g/mol. The largest absolute Gasteiger partial charge is 0.490 e. The Bertz CT molecular complexity index is 943. The Labute approximate surface area is 146 Å². The van der Waals surface area contributed by atoms with Crippen LogP contribution in [-0.4, -0.2) is 27.4 Å². The van der Waals surface area contributed by atoms with Gasteiger partial charge >= 0.3 is 0 Å². The van der Waals surface area contributed by atoms with E-state index in [1.165, 1.54) is 4.57 Å². The number of aryl methyl sites for hydroxylation is 3. The lowest BCUT2D eigenvalue weighted by molar-refractivity contribution is 0.0902. The van der Waals surface area contributed by atoms with Crippen LogP contribution < -0.4 is 10.3 Å². The van der Waals surface area contributed by atoms with Crippen LogP contribution in [0.5, 0.6) is 5.75 Å². The molecule has 0 fully saturated rings. The Kier molecular flexibility index (Phi) is 4.86. The Hall–Kier alpha value is -2.66. The van der Waals surface area contributed by atoms with E-state index in [1.54, 1.807) is 13.0 Å². The highest BCUT2D eigenvalue weighted by Gasteiger charge is 2.14. The summed E-state index contributed by atoms with van der Waals surface area (Å²) in [4.78, 5) is 17.1. The molecule has 0 saturated carbocycles. The first-order valence-electron chi connectivity index (χ1n) is 8.30. The van der Waals surface area contributed by atoms with Crippen LogP contribution in [0.2, 0.25) is 0 Å². The summed E-state index contributed by atoms with van der Waals surface area (Å²) in [5.41, 5.74) is 2.57. The Morgan fingerprint density at radius 3 is 2.48 bits per heavy atom. The number of aliphatic hydroxyl groups is 1. The SMILES string of the molecule is Cc1cccc(C)c1OCC(O)Cn1c(C)nc2ccccc2c1=O. The van der Waals surface area contributed by atoms with E-state index in [1.807, 2.05) is 50.2 Å². The molecule has 1 heterocycles. The number of ether oxygens (including phenoxy) is 1. The van der Waals surface area contributed by atoms with E-state index in [-0.39, 0.29) is 18.7 Å². The van der Waals surface area contributed by atoms with E-state index in [9.17, 15) is 9.90 Å². The molecule has 5 nitrogen and oxygen atoms in total. The highest BCUT2D eigenvalue weighted by Crippen LogP contribution is 2.22. The number of hydrogen-bond donors (Lipinski definition) is 1. The molecule has 1 unspecified atom stereocenters. The summed E-state index contributed by atoms with van der Waals surface area (Å²) in [6.45, 7) is 5.97. The minimum absolute atomic E-state index is 0.115. The quantitative estimate of drug-likeness (QED) is 0.777. The minimum atomic E-state index is -0.807. The topological polar surface area (TPSA) is 64.3 Å². The molecule has 0 spiro atoms. The monoisotopic (exact) mass is 338 g/mol. The lowest BCUT2D eigenvalue weighted by Crippen LogP contribution is -2.32. The van der Waals surface area contributed by atoms with Crippen molar-refractivity contribution >= 4 is 10.9 Å². The molecule has 0 amide bonds. The second-order valence-electron chi connectivity index (χ2n) is 6.28. The molecule has 1 aromatic heterocycles. The van der Waals surface area contributed by atoms with Gasteiger partial charge in [0.2, 0.25) is 0 Å². The van der Waals surface area contributed by atoms with Crippen LogP contribution in [0, 0.1) is 20.8 Å². The van der Waals surface area contributed by atoms with Crippen molar-refractivity contribution in [3.63, 3.8) is 0 Å². The molecule has 3 rings (SSSR count). The molecule has 2 aromatic carbocycles. The maximum Gasteiger partial charge on any atom is 0.261 e. The smallest absolute Gasteiger partial charge is 0.261 e. The summed E-state index contributed by atoms with van der Waals surface area (Å²) in [6, 6.07) is 13.1. The lowest BCUT2D eigenvalue weighted by Gasteiger charge is -2.18. The number of aliphatic hydroxyl groups excluding tert-OH is 1. The highest BCUT2D eigenvalue weighted by atomic mass is 16.5. The normalized spacial score (nSPS) is 12.3. The molecule has 3 aromatic rings. The molecule has 0 aliphatic heterocycles. The summed E-state index contributed by atoms with van der Waals surface area (Å²) in [7, 11) is 0. The van der Waals surface area contributed by atoms with Gasteiger partial charge in [-0.1, -0.05) is 30.3 Å². The van der Waals surface area contributed by atoms with Gasteiger partial charge < -0.3 is 9.84 Å². The molecule has 0 aliphatic carbocycles. The molecule has 1 N–H and O–H groups in total. The van der Waals surface area contributed by atoms with Crippen molar-refractivity contribution in [2.45, 2.75) is 33.4 Å². The second kappa shape index (κ2) is 7.07. The van der Waals surface area contributed by atoms with Crippen molar-refractivity contribution in [3.8, 4) is 5.75 Å². The van der Waals surface area contributed by atoms with E-state index in [0.717, 1.165) is 16.9 Å². The lowest BCUT2D eigenvalue weighted by atomic mass is 10.1. The first kappa shape index (κ1) is 17.2. The van der Waals surface area contributed by atoms with Gasteiger partial charge in [0.05, 0.1) is 17.4 Å². The summed E-state index contributed by atoms with van der Waals surface area (Å²) < 4.78 is 7.28. The van der Waals surface area contributed by atoms with E-state index >= 15 is 0 Å². The number of rotatable bonds is 5. The third-order valence-electron chi connectivity index (χ3n) is 4.27. The van der Waals surface area contributed by atoms with Crippen LogP contribution in [-0.2, 0) is 6.54 Å². The zero-order valence-electron chi connectivity index (χ0n) is 14.7. The molecule has 1 atom stereocenters. The third-order valence-corrected chi connectivity index (χ3v) is 4.27. The maximum absolute atomic E-state index is 12.6. The predicted octanol–water partition coefficient (Wildman–Crippen LogP) is 2.76. The minimum Gasteiger partial charge on any atom is -0.490 e. The number of aromatic nitrogens is 2. The van der Waals surface area contributed by atoms with E-state index in [2.05, 4.69) is 4.98 Å². The molecule has 5 heteroatoms. The fraction of sp³-hybridized carbons (Fsp3) is 0.300. The van der Waals surface area contributed by atoms with Crippen molar-refractivity contribution in [2.24, 2.45) is 0 Å². The van der Waals surface area contributed by atoms with Crippen molar-refractivity contribution in [3.05, 3.63) is 69.8 Å². The summed E-state index contributed by atoms with van der Waals surface area (Å²) in [6.07, 6.45) is -0.807. The van der Waals surface area contributed by atoms with Gasteiger partial charge in [-0.15, -0.1) is 0 Å². The van der Waals surface area contributed by atoms with Gasteiger partial charge in [-0.3, -0.25) is 9.36 Å². The van der Waals surface area contributed by atoms with Gasteiger partial charge in [-0.25, -0.2) is 4.98 Å². The summed E-state index contributed by atoms with van der Waals surface area (Å²) >= 11 is 0. The van der Waals surface area contributed by atoms with Gasteiger partial charge in [0, 0.05) is 0 Å². The van der Waals surface area contributed by atoms with E-state index in [0.29, 0.717) is 16.7 Å². The number of nitrogens with zero attached hydrogens (tertiary/aromatic N) is 2. The van der Waals surface area contributed by atoms with Gasteiger partial charge in [0.25, 0.3) is 5.56 Å². The molecule has 25 heavy (non-hydrogen) atoms. The Balaban J connectivity index is 1.78. The van der Waals surface area contributed by atoms with Gasteiger partial charge in [0.15, 0.2) is 0 Å². The fourth-order valence-electron chi connectivity index (χ4n) is 2.96. The first-order valence-corrected chi connectivity index (χ1v) is 8.30. The van der Waals surface area contributed by atoms with Crippen LogP contribution in [0.1, 0.15) is 17.0 Å². The van der Waals surface area contributed by atoms with Gasteiger partial charge in [-0.2, -0.15) is 0 Å². The number of fused-ring (bicyclic) bond motifs is 1. The Morgan fingerprint density at radius 1 is 1.08 bits per heavy atom. The molecule has 130 valence electrons. The molecular formula is C20H22N2O3. The zero-order chi connectivity index (χ0) is 18.0.